The van der Waals surface area contributed by atoms with E-state index in [4.69, 9.17) is 24.3 Å². The molecule has 8 nitrogen and oxygen atoms in total. The quantitative estimate of drug-likeness (QED) is 0.301. The van der Waals surface area contributed by atoms with Crippen molar-refractivity contribution in [3.8, 4) is 5.75 Å². The van der Waals surface area contributed by atoms with Gasteiger partial charge in [0.15, 0.2) is 15.9 Å². The molecular formula is C28H29NO7S. The van der Waals surface area contributed by atoms with E-state index >= 15 is 0 Å². The number of sulfone groups is 1. The highest BCUT2D eigenvalue weighted by atomic mass is 32.2. The van der Waals surface area contributed by atoms with Gasteiger partial charge in [-0.25, -0.2) is 18.2 Å². The maximum Gasteiger partial charge on any atom is 0.338 e. The lowest BCUT2D eigenvalue weighted by molar-refractivity contribution is -0.150. The Hall–Kier alpha value is -3.69. The number of aliphatic hydroxyl groups excluding tert-OH is 1. The number of benzene rings is 3. The van der Waals surface area contributed by atoms with Crippen LogP contribution in [0.5, 0.6) is 5.75 Å². The van der Waals surface area contributed by atoms with E-state index in [1.54, 1.807) is 42.5 Å². The van der Waals surface area contributed by atoms with Crippen LogP contribution < -0.4 is 4.74 Å². The minimum atomic E-state index is -3.70. The fraction of sp³-hybridized carbons (Fsp3) is 0.286. The summed E-state index contributed by atoms with van der Waals surface area (Å²) in [7, 11) is -2.45. The van der Waals surface area contributed by atoms with E-state index in [-0.39, 0.29) is 29.6 Å². The normalized spacial score (nSPS) is 19.1. The van der Waals surface area contributed by atoms with Crippen LogP contribution in [-0.4, -0.2) is 57.0 Å². The Balaban J connectivity index is 1.70. The molecule has 0 aromatic heterocycles. The van der Waals surface area contributed by atoms with E-state index in [9.17, 15) is 13.2 Å². The zero-order chi connectivity index (χ0) is 26.3. The van der Waals surface area contributed by atoms with Crippen molar-refractivity contribution >= 4 is 21.7 Å². The summed E-state index contributed by atoms with van der Waals surface area (Å²) in [6.45, 7) is 0.421. The summed E-state index contributed by atoms with van der Waals surface area (Å²) >= 11 is 0. The average Bonchev–Trinajstić information content (AvgIpc) is 3.34. The lowest BCUT2D eigenvalue weighted by Gasteiger charge is -2.29. The molecule has 3 aromatic rings. The molecule has 0 bridgehead atoms. The second-order valence-corrected chi connectivity index (χ2v) is 10.7. The number of rotatable bonds is 11. The first kappa shape index (κ1) is 26.4. The third-order valence-electron chi connectivity index (χ3n) is 6.13. The molecule has 0 amide bonds. The van der Waals surface area contributed by atoms with Crippen LogP contribution in [0.25, 0.3) is 0 Å². The molecule has 0 aliphatic carbocycles. The Morgan fingerprint density at radius 1 is 1.00 bits per heavy atom. The molecule has 194 valence electrons. The summed E-state index contributed by atoms with van der Waals surface area (Å²) in [5.74, 6) is -0.182. The van der Waals surface area contributed by atoms with Crippen molar-refractivity contribution in [2.45, 2.75) is 29.4 Å². The van der Waals surface area contributed by atoms with Gasteiger partial charge in [0.05, 0.1) is 24.4 Å². The molecule has 37 heavy (non-hydrogen) atoms. The number of esters is 1. The fourth-order valence-electron chi connectivity index (χ4n) is 4.18. The van der Waals surface area contributed by atoms with Crippen molar-refractivity contribution in [1.29, 1.82) is 0 Å². The standard InChI is InChI=1S/C28H29NO7S/c1-34-27(31)28(17-20-37(32,33)24-11-6-3-7-12-24)25(21-9-4-2-5-10-21)36-26(29-28)22-13-15-23(16-14-22)35-19-8-18-30/h2-7,9-16,25,30H,8,17-20H2,1H3/t25-,28-/m0/s1. The average molecular weight is 524 g/mol. The zero-order valence-corrected chi connectivity index (χ0v) is 21.3. The monoisotopic (exact) mass is 523 g/mol. The van der Waals surface area contributed by atoms with Gasteiger partial charge in [0.2, 0.25) is 11.4 Å². The van der Waals surface area contributed by atoms with Crippen LogP contribution in [0.1, 0.15) is 30.1 Å². The van der Waals surface area contributed by atoms with Crippen LogP contribution in [0, 0.1) is 0 Å². The Morgan fingerprint density at radius 2 is 1.65 bits per heavy atom. The predicted octanol–water partition coefficient (Wildman–Crippen LogP) is 3.74. The van der Waals surface area contributed by atoms with Crippen molar-refractivity contribution in [2.75, 3.05) is 26.1 Å². The molecule has 0 unspecified atom stereocenters. The molecule has 1 aliphatic heterocycles. The van der Waals surface area contributed by atoms with Crippen molar-refractivity contribution in [1.82, 2.24) is 0 Å². The molecule has 0 spiro atoms. The topological polar surface area (TPSA) is 111 Å². The summed E-state index contributed by atoms with van der Waals surface area (Å²) in [6.07, 6.45) is -0.505. The first-order chi connectivity index (χ1) is 17.9. The van der Waals surface area contributed by atoms with Gasteiger partial charge in [-0.05, 0) is 42.0 Å². The number of hydrogen-bond acceptors (Lipinski definition) is 8. The number of aliphatic imine (C=N–C) groups is 1. The van der Waals surface area contributed by atoms with Crippen LogP contribution in [0.2, 0.25) is 0 Å². The summed E-state index contributed by atoms with van der Waals surface area (Å²) in [4.78, 5) is 18.2. The first-order valence-electron chi connectivity index (χ1n) is 11.9. The molecule has 4 rings (SSSR count). The smallest absolute Gasteiger partial charge is 0.338 e. The van der Waals surface area contributed by atoms with Crippen LogP contribution in [-0.2, 0) is 24.1 Å². The number of nitrogens with zero attached hydrogens (tertiary/aromatic N) is 1. The van der Waals surface area contributed by atoms with Gasteiger partial charge in [-0.15, -0.1) is 0 Å². The second-order valence-electron chi connectivity index (χ2n) is 8.57. The van der Waals surface area contributed by atoms with Gasteiger partial charge in [0.1, 0.15) is 5.75 Å². The molecule has 3 aromatic carbocycles. The number of carbonyl (C=O) groups is 1. The van der Waals surface area contributed by atoms with Gasteiger partial charge in [-0.1, -0.05) is 48.5 Å². The molecule has 1 N–H and O–H groups in total. The van der Waals surface area contributed by atoms with Crippen LogP contribution in [0.4, 0.5) is 0 Å². The summed E-state index contributed by atoms with van der Waals surface area (Å²) in [5, 5.41) is 8.94. The third kappa shape index (κ3) is 5.84. The molecular weight excluding hydrogens is 494 g/mol. The highest BCUT2D eigenvalue weighted by molar-refractivity contribution is 7.91. The minimum Gasteiger partial charge on any atom is -0.494 e. The number of carbonyl (C=O) groups excluding carboxylic acids is 1. The van der Waals surface area contributed by atoms with E-state index in [0.717, 1.165) is 0 Å². The lowest BCUT2D eigenvalue weighted by Crippen LogP contribution is -2.43. The highest BCUT2D eigenvalue weighted by Gasteiger charge is 2.54. The van der Waals surface area contributed by atoms with Crippen molar-refractivity contribution in [3.63, 3.8) is 0 Å². The SMILES string of the molecule is COC(=O)[C@@]1(CCS(=O)(=O)c2ccccc2)N=C(c2ccc(OCCCO)cc2)O[C@H]1c1ccccc1. The Bertz CT molecular complexity index is 1330. The molecule has 0 radical (unpaired) electrons. The Kier molecular flexibility index (Phi) is 8.25. The molecule has 0 saturated heterocycles. The second kappa shape index (κ2) is 11.6. The zero-order valence-electron chi connectivity index (χ0n) is 20.4. The number of hydrogen-bond donors (Lipinski definition) is 1. The fourth-order valence-corrected chi connectivity index (χ4v) is 5.57. The first-order valence-corrected chi connectivity index (χ1v) is 13.6. The van der Waals surface area contributed by atoms with Gasteiger partial charge in [0.25, 0.3) is 0 Å². The molecule has 0 fully saturated rings. The van der Waals surface area contributed by atoms with Gasteiger partial charge in [0, 0.05) is 25.0 Å². The third-order valence-corrected chi connectivity index (χ3v) is 7.86. The van der Waals surface area contributed by atoms with Crippen molar-refractivity contribution < 1.29 is 32.5 Å². The largest absolute Gasteiger partial charge is 0.494 e. The van der Waals surface area contributed by atoms with E-state index in [1.165, 1.54) is 19.2 Å². The van der Waals surface area contributed by atoms with Gasteiger partial charge < -0.3 is 19.3 Å². The molecule has 2 atom stereocenters. The van der Waals surface area contributed by atoms with Crippen LogP contribution in [0.3, 0.4) is 0 Å². The Morgan fingerprint density at radius 3 is 2.27 bits per heavy atom. The van der Waals surface area contributed by atoms with E-state index < -0.39 is 27.4 Å². The molecule has 1 aliphatic rings. The minimum absolute atomic E-state index is 0.0409. The number of aliphatic hydroxyl groups is 1. The predicted molar refractivity (Wildman–Crippen MR) is 138 cm³/mol. The van der Waals surface area contributed by atoms with Gasteiger partial charge in [-0.2, -0.15) is 0 Å². The molecule has 1 heterocycles. The van der Waals surface area contributed by atoms with Gasteiger partial charge >= 0.3 is 5.97 Å². The van der Waals surface area contributed by atoms with Crippen molar-refractivity contribution in [2.24, 2.45) is 4.99 Å². The number of ether oxygens (including phenoxy) is 3. The van der Waals surface area contributed by atoms with Gasteiger partial charge in [-0.3, -0.25) is 0 Å². The summed E-state index contributed by atoms with van der Waals surface area (Å²) < 4.78 is 43.2. The maximum atomic E-state index is 13.3. The van der Waals surface area contributed by atoms with E-state index in [0.29, 0.717) is 29.9 Å². The van der Waals surface area contributed by atoms with Crippen LogP contribution >= 0.6 is 0 Å². The molecule has 9 heteroatoms. The summed E-state index contributed by atoms with van der Waals surface area (Å²) in [6, 6.07) is 24.2. The summed E-state index contributed by atoms with van der Waals surface area (Å²) in [5.41, 5.74) is -0.330. The maximum absolute atomic E-state index is 13.3. The van der Waals surface area contributed by atoms with Crippen LogP contribution in [0.15, 0.2) is 94.8 Å². The lowest BCUT2D eigenvalue weighted by atomic mass is 9.86. The highest BCUT2D eigenvalue weighted by Crippen LogP contribution is 2.43. The van der Waals surface area contributed by atoms with E-state index in [2.05, 4.69) is 0 Å². The molecule has 0 saturated carbocycles. The van der Waals surface area contributed by atoms with E-state index in [1.807, 2.05) is 30.3 Å². The van der Waals surface area contributed by atoms with Crippen molar-refractivity contribution in [3.05, 3.63) is 96.1 Å². The number of methoxy groups -OCH3 is 1. The Labute approximate surface area is 216 Å².